The standard InChI is InChI=1S/C13H13NO2/c1-14(2)13(16)12(15)11-8-7-9-5-3-4-6-10(9)11/h3-8,11H,1-2H3/t11-/m1/s1. The number of likely N-dealkylation sites (N-methyl/N-ethyl adjacent to an activating group) is 1. The predicted molar refractivity (Wildman–Crippen MR) is 61.9 cm³/mol. The van der Waals surface area contributed by atoms with Crippen LogP contribution in [-0.2, 0) is 9.59 Å². The predicted octanol–water partition coefficient (Wildman–Crippen LogP) is 1.45. The summed E-state index contributed by atoms with van der Waals surface area (Å²) in [4.78, 5) is 24.8. The summed E-state index contributed by atoms with van der Waals surface area (Å²) in [6.45, 7) is 0. The molecule has 0 N–H and O–H groups in total. The fourth-order valence-corrected chi connectivity index (χ4v) is 1.83. The van der Waals surface area contributed by atoms with Gasteiger partial charge in [0, 0.05) is 14.1 Å². The first kappa shape index (κ1) is 10.6. The fourth-order valence-electron chi connectivity index (χ4n) is 1.83. The molecule has 1 amide bonds. The van der Waals surface area contributed by atoms with Crippen LogP contribution < -0.4 is 0 Å². The van der Waals surface area contributed by atoms with E-state index < -0.39 is 11.8 Å². The number of Topliss-reactive ketones (excluding diaryl/α,β-unsaturated/α-hetero) is 1. The number of benzene rings is 1. The van der Waals surface area contributed by atoms with Gasteiger partial charge in [0.15, 0.2) is 0 Å². The summed E-state index contributed by atoms with van der Waals surface area (Å²) in [5.74, 6) is -1.23. The molecule has 3 heteroatoms. The van der Waals surface area contributed by atoms with E-state index in [-0.39, 0.29) is 5.78 Å². The third-order valence-electron chi connectivity index (χ3n) is 2.70. The molecule has 0 fully saturated rings. The highest BCUT2D eigenvalue weighted by Crippen LogP contribution is 2.30. The molecule has 0 spiro atoms. The smallest absolute Gasteiger partial charge is 0.290 e. The Morgan fingerprint density at radius 2 is 1.88 bits per heavy atom. The maximum atomic E-state index is 11.9. The molecule has 1 atom stereocenters. The topological polar surface area (TPSA) is 37.4 Å². The Labute approximate surface area is 94.4 Å². The number of amides is 1. The molecule has 0 saturated carbocycles. The SMILES string of the molecule is CN(C)C(=O)C(=O)[C@@H]1C=Cc2ccccc21. The number of ketones is 1. The van der Waals surface area contributed by atoms with Crippen LogP contribution in [0.5, 0.6) is 0 Å². The zero-order valence-electron chi connectivity index (χ0n) is 9.31. The molecular weight excluding hydrogens is 202 g/mol. The number of rotatable bonds is 2. The summed E-state index contributed by atoms with van der Waals surface area (Å²) in [5, 5.41) is 0. The average molecular weight is 215 g/mol. The quantitative estimate of drug-likeness (QED) is 0.700. The summed E-state index contributed by atoms with van der Waals surface area (Å²) in [7, 11) is 3.18. The van der Waals surface area contributed by atoms with Crippen molar-refractivity contribution in [1.29, 1.82) is 0 Å². The molecule has 0 unspecified atom stereocenters. The normalized spacial score (nSPS) is 17.0. The van der Waals surface area contributed by atoms with Crippen molar-refractivity contribution >= 4 is 17.8 Å². The lowest BCUT2D eigenvalue weighted by molar-refractivity contribution is -0.143. The monoisotopic (exact) mass is 215 g/mol. The number of hydrogen-bond donors (Lipinski definition) is 0. The van der Waals surface area contributed by atoms with Gasteiger partial charge in [-0.1, -0.05) is 36.4 Å². The van der Waals surface area contributed by atoms with E-state index in [0.717, 1.165) is 11.1 Å². The minimum atomic E-state index is -0.452. The maximum Gasteiger partial charge on any atom is 0.290 e. The van der Waals surface area contributed by atoms with Gasteiger partial charge in [-0.3, -0.25) is 9.59 Å². The number of allylic oxidation sites excluding steroid dienone is 1. The van der Waals surface area contributed by atoms with Crippen LogP contribution in [0.1, 0.15) is 17.0 Å². The Morgan fingerprint density at radius 3 is 2.56 bits per heavy atom. The number of carbonyl (C=O) groups is 2. The molecule has 1 aromatic carbocycles. The van der Waals surface area contributed by atoms with Crippen molar-refractivity contribution in [3.05, 3.63) is 41.5 Å². The van der Waals surface area contributed by atoms with Crippen LogP contribution in [0.4, 0.5) is 0 Å². The van der Waals surface area contributed by atoms with E-state index in [0.29, 0.717) is 0 Å². The van der Waals surface area contributed by atoms with Gasteiger partial charge in [-0.25, -0.2) is 0 Å². The van der Waals surface area contributed by atoms with Crippen LogP contribution in [0.3, 0.4) is 0 Å². The zero-order valence-corrected chi connectivity index (χ0v) is 9.31. The first-order chi connectivity index (χ1) is 7.61. The van der Waals surface area contributed by atoms with Crippen LogP contribution in [-0.4, -0.2) is 30.7 Å². The molecule has 0 aromatic heterocycles. The molecule has 1 aliphatic rings. The van der Waals surface area contributed by atoms with E-state index in [9.17, 15) is 9.59 Å². The van der Waals surface area contributed by atoms with E-state index in [2.05, 4.69) is 0 Å². The highest BCUT2D eigenvalue weighted by Gasteiger charge is 2.29. The van der Waals surface area contributed by atoms with Crippen LogP contribution in [0.15, 0.2) is 30.3 Å². The maximum absolute atomic E-state index is 11.9. The lowest BCUT2D eigenvalue weighted by atomic mass is 9.96. The van der Waals surface area contributed by atoms with Crippen LogP contribution in [0.25, 0.3) is 6.08 Å². The van der Waals surface area contributed by atoms with Gasteiger partial charge in [-0.05, 0) is 11.1 Å². The summed E-state index contributed by atoms with van der Waals surface area (Å²) in [5.41, 5.74) is 1.94. The lowest BCUT2D eigenvalue weighted by Crippen LogP contribution is -2.32. The minimum absolute atomic E-state index is 0.369. The summed E-state index contributed by atoms with van der Waals surface area (Å²) >= 11 is 0. The highest BCUT2D eigenvalue weighted by atomic mass is 16.2. The second-order valence-corrected chi connectivity index (χ2v) is 4.03. The molecule has 1 aliphatic carbocycles. The van der Waals surface area contributed by atoms with Crippen LogP contribution in [0, 0.1) is 0 Å². The second-order valence-electron chi connectivity index (χ2n) is 4.03. The zero-order chi connectivity index (χ0) is 11.7. The van der Waals surface area contributed by atoms with Gasteiger partial charge in [0.2, 0.25) is 5.78 Å². The van der Waals surface area contributed by atoms with E-state index in [4.69, 9.17) is 0 Å². The highest BCUT2D eigenvalue weighted by molar-refractivity contribution is 6.38. The Bertz CT molecular complexity index is 475. The molecule has 16 heavy (non-hydrogen) atoms. The number of fused-ring (bicyclic) bond motifs is 1. The Balaban J connectivity index is 2.30. The first-order valence-corrected chi connectivity index (χ1v) is 5.14. The molecule has 1 aromatic rings. The van der Waals surface area contributed by atoms with Gasteiger partial charge < -0.3 is 4.90 Å². The van der Waals surface area contributed by atoms with Gasteiger partial charge >= 0.3 is 0 Å². The Morgan fingerprint density at radius 1 is 1.19 bits per heavy atom. The van der Waals surface area contributed by atoms with E-state index in [1.807, 2.05) is 30.3 Å². The minimum Gasteiger partial charge on any atom is -0.342 e. The van der Waals surface area contributed by atoms with Gasteiger partial charge in [0.25, 0.3) is 5.91 Å². The molecule has 0 aliphatic heterocycles. The first-order valence-electron chi connectivity index (χ1n) is 5.14. The van der Waals surface area contributed by atoms with Crippen molar-refractivity contribution in [3.8, 4) is 0 Å². The molecule has 0 heterocycles. The summed E-state index contributed by atoms with van der Waals surface area (Å²) in [6, 6.07) is 7.64. The Kier molecular flexibility index (Phi) is 2.60. The van der Waals surface area contributed by atoms with Crippen molar-refractivity contribution in [2.24, 2.45) is 0 Å². The molecule has 2 rings (SSSR count). The fraction of sp³-hybridized carbons (Fsp3) is 0.231. The lowest BCUT2D eigenvalue weighted by Gasteiger charge is -2.13. The third-order valence-corrected chi connectivity index (χ3v) is 2.70. The van der Waals surface area contributed by atoms with Gasteiger partial charge in [-0.15, -0.1) is 0 Å². The summed E-state index contributed by atoms with van der Waals surface area (Å²) < 4.78 is 0. The number of carbonyl (C=O) groups excluding carboxylic acids is 2. The van der Waals surface area contributed by atoms with Crippen LogP contribution >= 0.6 is 0 Å². The molecule has 0 bridgehead atoms. The van der Waals surface area contributed by atoms with Crippen molar-refractivity contribution in [2.45, 2.75) is 5.92 Å². The van der Waals surface area contributed by atoms with Crippen molar-refractivity contribution in [2.75, 3.05) is 14.1 Å². The molecule has 3 nitrogen and oxygen atoms in total. The van der Waals surface area contributed by atoms with Gasteiger partial charge in [-0.2, -0.15) is 0 Å². The molecule has 82 valence electrons. The molecule has 0 saturated heterocycles. The second kappa shape index (κ2) is 3.93. The van der Waals surface area contributed by atoms with Gasteiger partial charge in [0.1, 0.15) is 0 Å². The number of nitrogens with zero attached hydrogens (tertiary/aromatic N) is 1. The molecule has 0 radical (unpaired) electrons. The number of hydrogen-bond acceptors (Lipinski definition) is 2. The van der Waals surface area contributed by atoms with Crippen LogP contribution in [0.2, 0.25) is 0 Å². The average Bonchev–Trinajstić information content (AvgIpc) is 2.70. The van der Waals surface area contributed by atoms with Crippen molar-refractivity contribution in [3.63, 3.8) is 0 Å². The third kappa shape index (κ3) is 1.65. The van der Waals surface area contributed by atoms with E-state index in [1.165, 1.54) is 4.90 Å². The molecular formula is C13H13NO2. The van der Waals surface area contributed by atoms with Crippen molar-refractivity contribution < 1.29 is 9.59 Å². The summed E-state index contributed by atoms with van der Waals surface area (Å²) in [6.07, 6.45) is 3.68. The van der Waals surface area contributed by atoms with E-state index in [1.54, 1.807) is 20.2 Å². The van der Waals surface area contributed by atoms with E-state index >= 15 is 0 Å². The Hall–Kier alpha value is -1.90. The van der Waals surface area contributed by atoms with Gasteiger partial charge in [0.05, 0.1) is 5.92 Å². The largest absolute Gasteiger partial charge is 0.342 e. The van der Waals surface area contributed by atoms with Crippen molar-refractivity contribution in [1.82, 2.24) is 4.90 Å².